The summed E-state index contributed by atoms with van der Waals surface area (Å²) in [6.45, 7) is 0. The number of carbonyl (C=O) groups excluding carboxylic acids is 1. The Morgan fingerprint density at radius 3 is 2.40 bits per heavy atom. The number of ketones is 1. The summed E-state index contributed by atoms with van der Waals surface area (Å²) in [6, 6.07) is 3.37. The van der Waals surface area contributed by atoms with Gasteiger partial charge in [0, 0.05) is 13.5 Å². The number of carbonyl (C=O) groups is 1. The summed E-state index contributed by atoms with van der Waals surface area (Å²) in [7, 11) is 4.67. The first-order valence-corrected chi connectivity index (χ1v) is 6.93. The van der Waals surface area contributed by atoms with Gasteiger partial charge < -0.3 is 14.2 Å². The van der Waals surface area contributed by atoms with Gasteiger partial charge in [0.05, 0.1) is 25.4 Å². The van der Waals surface area contributed by atoms with Crippen LogP contribution in [0, 0.1) is 0 Å². The van der Waals surface area contributed by atoms with Crippen molar-refractivity contribution in [3.8, 4) is 11.5 Å². The molecule has 1 aliphatic carbocycles. The average Bonchev–Trinajstić information content (AvgIpc) is 2.42. The molecule has 0 bridgehead atoms. The molecular formula is C15H19ClO4. The molecule has 0 amide bonds. The number of hydrogen-bond donors (Lipinski definition) is 0. The molecule has 0 unspecified atom stereocenters. The lowest BCUT2D eigenvalue weighted by atomic mass is 9.75. The molecule has 0 radical (unpaired) electrons. The zero-order chi connectivity index (χ0) is 14.8. The summed E-state index contributed by atoms with van der Waals surface area (Å²) >= 11 is 6.18. The van der Waals surface area contributed by atoms with Gasteiger partial charge in [-0.3, -0.25) is 4.79 Å². The van der Waals surface area contributed by atoms with Crippen molar-refractivity contribution in [2.75, 3.05) is 21.3 Å². The van der Waals surface area contributed by atoms with E-state index in [0.29, 0.717) is 28.5 Å². The highest BCUT2D eigenvalue weighted by molar-refractivity contribution is 6.34. The van der Waals surface area contributed by atoms with Crippen LogP contribution in [0.2, 0.25) is 5.02 Å². The quantitative estimate of drug-likeness (QED) is 0.754. The standard InChI is InChI=1S/C15H19ClO4/c1-18-12-6-5-10(14(19-2)13(12)16)11(17)9-15(20-3)7-4-8-15/h5-6H,4,7-9H2,1-3H3. The van der Waals surface area contributed by atoms with Gasteiger partial charge in [0.1, 0.15) is 10.8 Å². The van der Waals surface area contributed by atoms with Gasteiger partial charge >= 0.3 is 0 Å². The second-order valence-electron chi connectivity index (χ2n) is 5.00. The molecule has 0 heterocycles. The van der Waals surface area contributed by atoms with Crippen LogP contribution >= 0.6 is 11.6 Å². The molecule has 1 aromatic carbocycles. The summed E-state index contributed by atoms with van der Waals surface area (Å²) in [4.78, 5) is 12.5. The zero-order valence-electron chi connectivity index (χ0n) is 12.0. The Hall–Kier alpha value is -1.26. The number of benzene rings is 1. The number of Topliss-reactive ketones (excluding diaryl/α,β-unsaturated/α-hetero) is 1. The minimum atomic E-state index is -0.311. The Morgan fingerprint density at radius 2 is 1.95 bits per heavy atom. The lowest BCUT2D eigenvalue weighted by Gasteiger charge is -2.40. The van der Waals surface area contributed by atoms with E-state index in [1.807, 2.05) is 0 Å². The van der Waals surface area contributed by atoms with Crippen LogP contribution in [0.3, 0.4) is 0 Å². The Labute approximate surface area is 124 Å². The maximum atomic E-state index is 12.5. The van der Waals surface area contributed by atoms with E-state index in [1.54, 1.807) is 19.2 Å². The first-order valence-electron chi connectivity index (χ1n) is 6.56. The second-order valence-corrected chi connectivity index (χ2v) is 5.38. The molecule has 0 N–H and O–H groups in total. The van der Waals surface area contributed by atoms with Crippen molar-refractivity contribution >= 4 is 17.4 Å². The van der Waals surface area contributed by atoms with Crippen LogP contribution in [-0.4, -0.2) is 32.7 Å². The Bertz CT molecular complexity index is 503. The fraction of sp³-hybridized carbons (Fsp3) is 0.533. The molecule has 4 nitrogen and oxygen atoms in total. The van der Waals surface area contributed by atoms with E-state index in [-0.39, 0.29) is 11.4 Å². The normalized spacial score (nSPS) is 16.4. The van der Waals surface area contributed by atoms with E-state index in [2.05, 4.69) is 0 Å². The summed E-state index contributed by atoms with van der Waals surface area (Å²) in [5.74, 6) is 0.833. The maximum Gasteiger partial charge on any atom is 0.169 e. The SMILES string of the molecule is COc1ccc(C(=O)CC2(OC)CCC2)c(OC)c1Cl. The number of halogens is 1. The van der Waals surface area contributed by atoms with Crippen molar-refractivity contribution in [3.63, 3.8) is 0 Å². The molecule has 0 atom stereocenters. The molecule has 1 fully saturated rings. The van der Waals surface area contributed by atoms with Crippen molar-refractivity contribution in [1.82, 2.24) is 0 Å². The number of rotatable bonds is 6. The summed E-state index contributed by atoms with van der Waals surface area (Å²) in [5.41, 5.74) is 0.163. The summed E-state index contributed by atoms with van der Waals surface area (Å²) in [6.07, 6.45) is 3.28. The van der Waals surface area contributed by atoms with E-state index in [0.717, 1.165) is 19.3 Å². The van der Waals surface area contributed by atoms with E-state index in [4.69, 9.17) is 25.8 Å². The minimum Gasteiger partial charge on any atom is -0.495 e. The van der Waals surface area contributed by atoms with E-state index in [1.165, 1.54) is 14.2 Å². The first-order chi connectivity index (χ1) is 9.56. The zero-order valence-corrected chi connectivity index (χ0v) is 12.8. The predicted octanol–water partition coefficient (Wildman–Crippen LogP) is 3.50. The minimum absolute atomic E-state index is 0.0204. The van der Waals surface area contributed by atoms with Gasteiger partial charge in [-0.05, 0) is 31.4 Å². The molecule has 0 aromatic heterocycles. The Morgan fingerprint density at radius 1 is 1.25 bits per heavy atom. The smallest absolute Gasteiger partial charge is 0.169 e. The fourth-order valence-corrected chi connectivity index (χ4v) is 2.85. The molecule has 1 saturated carbocycles. The van der Waals surface area contributed by atoms with Crippen LogP contribution in [0.25, 0.3) is 0 Å². The lowest BCUT2D eigenvalue weighted by molar-refractivity contribution is -0.0705. The van der Waals surface area contributed by atoms with Crippen molar-refractivity contribution in [2.45, 2.75) is 31.3 Å². The third-order valence-electron chi connectivity index (χ3n) is 3.97. The van der Waals surface area contributed by atoms with Gasteiger partial charge in [0.25, 0.3) is 0 Å². The van der Waals surface area contributed by atoms with E-state index < -0.39 is 0 Å². The van der Waals surface area contributed by atoms with Crippen molar-refractivity contribution in [1.29, 1.82) is 0 Å². The molecular weight excluding hydrogens is 280 g/mol. The van der Waals surface area contributed by atoms with Gasteiger partial charge in [-0.15, -0.1) is 0 Å². The summed E-state index contributed by atoms with van der Waals surface area (Å²) in [5, 5.41) is 0.320. The highest BCUT2D eigenvalue weighted by Gasteiger charge is 2.39. The van der Waals surface area contributed by atoms with Gasteiger partial charge in [-0.2, -0.15) is 0 Å². The van der Waals surface area contributed by atoms with Gasteiger partial charge in [-0.1, -0.05) is 11.6 Å². The maximum absolute atomic E-state index is 12.5. The Kier molecular flexibility index (Phi) is 4.55. The van der Waals surface area contributed by atoms with Gasteiger partial charge in [0.15, 0.2) is 11.5 Å². The van der Waals surface area contributed by atoms with Crippen molar-refractivity contribution in [2.24, 2.45) is 0 Å². The molecule has 2 rings (SSSR count). The molecule has 1 aromatic rings. The third kappa shape index (κ3) is 2.63. The average molecular weight is 299 g/mol. The topological polar surface area (TPSA) is 44.8 Å². The molecule has 0 aliphatic heterocycles. The molecule has 5 heteroatoms. The van der Waals surface area contributed by atoms with Crippen LogP contribution in [0.15, 0.2) is 12.1 Å². The van der Waals surface area contributed by atoms with E-state index >= 15 is 0 Å². The third-order valence-corrected chi connectivity index (χ3v) is 4.32. The number of methoxy groups -OCH3 is 3. The monoisotopic (exact) mass is 298 g/mol. The van der Waals surface area contributed by atoms with Crippen LogP contribution in [0.4, 0.5) is 0 Å². The lowest BCUT2D eigenvalue weighted by Crippen LogP contribution is -2.41. The Balaban J connectivity index is 2.28. The molecule has 110 valence electrons. The molecule has 1 aliphatic rings. The molecule has 0 saturated heterocycles. The van der Waals surface area contributed by atoms with Crippen LogP contribution in [0.5, 0.6) is 11.5 Å². The van der Waals surface area contributed by atoms with Crippen LogP contribution in [-0.2, 0) is 4.74 Å². The second kappa shape index (κ2) is 6.02. The first kappa shape index (κ1) is 15.1. The van der Waals surface area contributed by atoms with Crippen molar-refractivity contribution < 1.29 is 19.0 Å². The predicted molar refractivity (Wildman–Crippen MR) is 77.1 cm³/mol. The molecule has 0 spiro atoms. The van der Waals surface area contributed by atoms with Crippen LogP contribution < -0.4 is 9.47 Å². The summed E-state index contributed by atoms with van der Waals surface area (Å²) < 4.78 is 15.9. The highest BCUT2D eigenvalue weighted by atomic mass is 35.5. The largest absolute Gasteiger partial charge is 0.495 e. The highest BCUT2D eigenvalue weighted by Crippen LogP contribution is 2.42. The number of hydrogen-bond acceptors (Lipinski definition) is 4. The van der Waals surface area contributed by atoms with Crippen LogP contribution in [0.1, 0.15) is 36.0 Å². The van der Waals surface area contributed by atoms with Gasteiger partial charge in [-0.25, -0.2) is 0 Å². The number of ether oxygens (including phenoxy) is 3. The van der Waals surface area contributed by atoms with E-state index in [9.17, 15) is 4.79 Å². The van der Waals surface area contributed by atoms with Crippen molar-refractivity contribution in [3.05, 3.63) is 22.7 Å². The van der Waals surface area contributed by atoms with Gasteiger partial charge in [0.2, 0.25) is 0 Å². The molecule has 20 heavy (non-hydrogen) atoms. The fourth-order valence-electron chi connectivity index (χ4n) is 2.53.